The van der Waals surface area contributed by atoms with Gasteiger partial charge in [-0.05, 0) is 41.7 Å². The van der Waals surface area contributed by atoms with Crippen LogP contribution in [0.5, 0.6) is 0 Å². The fraction of sp³-hybridized carbons (Fsp3) is 0.278. The van der Waals surface area contributed by atoms with Crippen LogP contribution in [0.25, 0.3) is 0 Å². The van der Waals surface area contributed by atoms with Crippen molar-refractivity contribution in [1.29, 1.82) is 0 Å². The average Bonchev–Trinajstić information content (AvgIpc) is 2.88. The van der Waals surface area contributed by atoms with Gasteiger partial charge < -0.3 is 4.90 Å². The van der Waals surface area contributed by atoms with Crippen molar-refractivity contribution in [2.45, 2.75) is 18.9 Å². The fourth-order valence-corrected chi connectivity index (χ4v) is 2.69. The van der Waals surface area contributed by atoms with Crippen molar-refractivity contribution in [2.24, 2.45) is 4.99 Å². The first-order chi connectivity index (χ1) is 9.72. The van der Waals surface area contributed by atoms with Gasteiger partial charge in [0.05, 0.1) is 6.04 Å². The first-order valence-electron chi connectivity index (χ1n) is 7.10. The van der Waals surface area contributed by atoms with E-state index < -0.39 is 0 Å². The normalized spacial score (nSPS) is 14.0. The van der Waals surface area contributed by atoms with Crippen LogP contribution >= 0.6 is 12.4 Å². The summed E-state index contributed by atoms with van der Waals surface area (Å²) in [5.74, 6) is 0. The Hall–Kier alpha value is -1.80. The van der Waals surface area contributed by atoms with Crippen molar-refractivity contribution in [2.75, 3.05) is 19.0 Å². The van der Waals surface area contributed by atoms with Crippen LogP contribution in [0, 0.1) is 0 Å². The van der Waals surface area contributed by atoms with Gasteiger partial charge in [0, 0.05) is 26.0 Å². The average molecular weight is 301 g/mol. The van der Waals surface area contributed by atoms with Gasteiger partial charge in [0.1, 0.15) is 0 Å². The van der Waals surface area contributed by atoms with Gasteiger partial charge in [-0.3, -0.25) is 4.99 Å². The zero-order chi connectivity index (χ0) is 13.9. The Kier molecular flexibility index (Phi) is 5.03. The van der Waals surface area contributed by atoms with Gasteiger partial charge in [-0.15, -0.1) is 12.4 Å². The molecule has 3 rings (SSSR count). The van der Waals surface area contributed by atoms with Crippen LogP contribution < -0.4 is 4.90 Å². The fourth-order valence-electron chi connectivity index (χ4n) is 2.69. The Morgan fingerprint density at radius 2 is 1.52 bits per heavy atom. The van der Waals surface area contributed by atoms with Crippen LogP contribution in [0.15, 0.2) is 53.5 Å². The number of nitrogens with zero attached hydrogens (tertiary/aromatic N) is 2. The molecule has 0 aromatic heterocycles. The molecule has 0 radical (unpaired) electrons. The third-order valence-electron chi connectivity index (χ3n) is 3.87. The smallest absolute Gasteiger partial charge is 0.0580 e. The van der Waals surface area contributed by atoms with Gasteiger partial charge in [-0.1, -0.05) is 36.4 Å². The first-order valence-corrected chi connectivity index (χ1v) is 7.10. The number of aliphatic imine (C=N–C) groups is 1. The summed E-state index contributed by atoms with van der Waals surface area (Å²) in [6.45, 7) is 0. The number of rotatable bonds is 3. The van der Waals surface area contributed by atoms with Crippen LogP contribution in [0.2, 0.25) is 0 Å². The highest BCUT2D eigenvalue weighted by Crippen LogP contribution is 2.23. The highest BCUT2D eigenvalue weighted by Gasteiger charge is 2.19. The third kappa shape index (κ3) is 3.64. The third-order valence-corrected chi connectivity index (χ3v) is 3.87. The second-order valence-electron chi connectivity index (χ2n) is 5.59. The molecule has 0 unspecified atom stereocenters. The summed E-state index contributed by atoms with van der Waals surface area (Å²) in [5.41, 5.74) is 5.30. The SMILES string of the molecule is CN(C)c1ccc(C=NC2Cc3ccccc3C2)cc1.Cl. The van der Waals surface area contributed by atoms with E-state index in [0.717, 1.165) is 12.8 Å². The molecule has 0 saturated carbocycles. The largest absolute Gasteiger partial charge is 0.378 e. The maximum atomic E-state index is 4.74. The molecule has 0 N–H and O–H groups in total. The number of benzene rings is 2. The number of fused-ring (bicyclic) bond motifs is 1. The topological polar surface area (TPSA) is 15.6 Å². The lowest BCUT2D eigenvalue weighted by atomic mass is 10.1. The van der Waals surface area contributed by atoms with E-state index in [2.05, 4.69) is 67.5 Å². The van der Waals surface area contributed by atoms with Gasteiger partial charge >= 0.3 is 0 Å². The number of halogens is 1. The molecule has 110 valence electrons. The lowest BCUT2D eigenvalue weighted by molar-refractivity contribution is 0.727. The van der Waals surface area contributed by atoms with Crippen molar-refractivity contribution < 1.29 is 0 Å². The Balaban J connectivity index is 0.00000161. The van der Waals surface area contributed by atoms with E-state index in [1.807, 2.05) is 6.21 Å². The molecule has 0 heterocycles. The Bertz CT molecular complexity index is 592. The zero-order valence-corrected chi connectivity index (χ0v) is 13.3. The van der Waals surface area contributed by atoms with Crippen molar-refractivity contribution in [1.82, 2.24) is 0 Å². The highest BCUT2D eigenvalue weighted by atomic mass is 35.5. The summed E-state index contributed by atoms with van der Waals surface area (Å²) in [4.78, 5) is 6.85. The number of hydrogen-bond donors (Lipinski definition) is 0. The van der Waals surface area contributed by atoms with E-state index >= 15 is 0 Å². The molecule has 1 aliphatic carbocycles. The minimum Gasteiger partial charge on any atom is -0.378 e. The van der Waals surface area contributed by atoms with E-state index in [1.54, 1.807) is 0 Å². The van der Waals surface area contributed by atoms with Gasteiger partial charge in [0.2, 0.25) is 0 Å². The molecule has 2 nitrogen and oxygen atoms in total. The molecule has 2 aromatic carbocycles. The van der Waals surface area contributed by atoms with Crippen LogP contribution in [0.1, 0.15) is 16.7 Å². The quantitative estimate of drug-likeness (QED) is 0.788. The lowest BCUT2D eigenvalue weighted by Gasteiger charge is -2.11. The highest BCUT2D eigenvalue weighted by molar-refractivity contribution is 5.85. The molecule has 1 aliphatic rings. The van der Waals surface area contributed by atoms with Crippen LogP contribution in [-0.4, -0.2) is 26.4 Å². The Morgan fingerprint density at radius 1 is 0.952 bits per heavy atom. The molecule has 3 heteroatoms. The standard InChI is InChI=1S/C18H20N2.ClH/c1-20(2)18-9-7-14(8-10-18)13-19-17-11-15-5-3-4-6-16(15)12-17;/h3-10,13,17H,11-12H2,1-2H3;1H. The molecule has 0 bridgehead atoms. The molecule has 0 atom stereocenters. The van der Waals surface area contributed by atoms with Gasteiger partial charge in [-0.2, -0.15) is 0 Å². The van der Waals surface area contributed by atoms with Crippen LogP contribution in [0.4, 0.5) is 5.69 Å². The molecular formula is C18H21ClN2. The van der Waals surface area contributed by atoms with Gasteiger partial charge in [0.25, 0.3) is 0 Å². The van der Waals surface area contributed by atoms with E-state index in [0.29, 0.717) is 6.04 Å². The summed E-state index contributed by atoms with van der Waals surface area (Å²) in [6, 6.07) is 17.6. The van der Waals surface area contributed by atoms with Crippen LogP contribution in [0.3, 0.4) is 0 Å². The number of anilines is 1. The Labute approximate surface area is 132 Å². The van der Waals surface area contributed by atoms with E-state index in [4.69, 9.17) is 4.99 Å². The molecule has 0 saturated heterocycles. The van der Waals surface area contributed by atoms with E-state index in [9.17, 15) is 0 Å². The predicted octanol–water partition coefficient (Wildman–Crippen LogP) is 3.76. The van der Waals surface area contributed by atoms with Gasteiger partial charge in [-0.25, -0.2) is 0 Å². The van der Waals surface area contributed by atoms with Crippen molar-refractivity contribution in [3.63, 3.8) is 0 Å². The molecule has 0 fully saturated rings. The van der Waals surface area contributed by atoms with Crippen molar-refractivity contribution in [3.8, 4) is 0 Å². The summed E-state index contributed by atoms with van der Waals surface area (Å²) < 4.78 is 0. The van der Waals surface area contributed by atoms with Crippen LogP contribution in [-0.2, 0) is 12.8 Å². The van der Waals surface area contributed by atoms with Crippen molar-refractivity contribution >= 4 is 24.3 Å². The summed E-state index contributed by atoms with van der Waals surface area (Å²) in [6.07, 6.45) is 4.15. The van der Waals surface area contributed by atoms with Gasteiger partial charge in [0.15, 0.2) is 0 Å². The summed E-state index contributed by atoms with van der Waals surface area (Å²) >= 11 is 0. The maximum absolute atomic E-state index is 4.74. The van der Waals surface area contributed by atoms with E-state index in [-0.39, 0.29) is 12.4 Å². The van der Waals surface area contributed by atoms with Crippen molar-refractivity contribution in [3.05, 3.63) is 65.2 Å². The minimum atomic E-state index is 0. The van der Waals surface area contributed by atoms with E-state index in [1.165, 1.54) is 22.4 Å². The summed E-state index contributed by atoms with van der Waals surface area (Å²) in [5, 5.41) is 0. The monoisotopic (exact) mass is 300 g/mol. The number of hydrogen-bond acceptors (Lipinski definition) is 2. The molecule has 0 aliphatic heterocycles. The minimum absolute atomic E-state index is 0. The first kappa shape index (κ1) is 15.6. The zero-order valence-electron chi connectivity index (χ0n) is 12.5. The maximum Gasteiger partial charge on any atom is 0.0580 e. The second kappa shape index (κ2) is 6.77. The molecule has 0 amide bonds. The lowest BCUT2D eigenvalue weighted by Crippen LogP contribution is -2.08. The molecule has 2 aromatic rings. The molecular weight excluding hydrogens is 280 g/mol. The second-order valence-corrected chi connectivity index (χ2v) is 5.59. The molecule has 21 heavy (non-hydrogen) atoms. The Morgan fingerprint density at radius 3 is 2.05 bits per heavy atom. The summed E-state index contributed by atoms with van der Waals surface area (Å²) in [7, 11) is 4.11. The molecule has 0 spiro atoms. The predicted molar refractivity (Wildman–Crippen MR) is 93.2 cm³/mol.